The Morgan fingerprint density at radius 2 is 1.84 bits per heavy atom. The molecule has 3 aromatic rings. The van der Waals surface area contributed by atoms with Crippen LogP contribution in [0.1, 0.15) is 19.8 Å². The summed E-state index contributed by atoms with van der Waals surface area (Å²) in [4.78, 5) is 47.8. The summed E-state index contributed by atoms with van der Waals surface area (Å²) in [5, 5.41) is 18.7. The number of ether oxygens (including phenoxy) is 1. The zero-order chi connectivity index (χ0) is 30.3. The molecule has 3 fully saturated rings. The number of aromatic nitrogens is 3. The van der Waals surface area contributed by atoms with Crippen LogP contribution in [0.25, 0.3) is 11.0 Å². The molecule has 11 heteroatoms. The van der Waals surface area contributed by atoms with Crippen molar-refractivity contribution in [2.24, 2.45) is 11.8 Å². The Kier molecular flexibility index (Phi) is 7.61. The van der Waals surface area contributed by atoms with Gasteiger partial charge in [-0.25, -0.2) is 4.68 Å². The van der Waals surface area contributed by atoms with Crippen LogP contribution in [0.3, 0.4) is 0 Å². The zero-order valence-corrected chi connectivity index (χ0v) is 24.2. The smallest absolute Gasteiger partial charge is 0.250 e. The number of amides is 3. The van der Waals surface area contributed by atoms with Gasteiger partial charge in [0.05, 0.1) is 36.1 Å². The number of aliphatic hydroxyl groups is 1. The van der Waals surface area contributed by atoms with E-state index in [0.29, 0.717) is 24.0 Å². The molecule has 2 unspecified atom stereocenters. The van der Waals surface area contributed by atoms with Gasteiger partial charge in [-0.1, -0.05) is 47.7 Å². The van der Waals surface area contributed by atoms with E-state index in [-0.39, 0.29) is 44.1 Å². The highest BCUT2D eigenvalue weighted by atomic mass is 16.5. The van der Waals surface area contributed by atoms with E-state index in [1.54, 1.807) is 33.6 Å². The van der Waals surface area contributed by atoms with Gasteiger partial charge in [-0.05, 0) is 44.0 Å². The number of aliphatic hydroxyl groups excluding tert-OH is 1. The molecule has 2 bridgehead atoms. The molecule has 3 aliphatic rings. The van der Waals surface area contributed by atoms with Crippen molar-refractivity contribution >= 4 is 34.4 Å². The van der Waals surface area contributed by atoms with Crippen molar-refractivity contribution in [2.75, 3.05) is 24.6 Å². The number of carbonyl (C=O) groups excluding carboxylic acids is 3. The quantitative estimate of drug-likeness (QED) is 0.344. The molecule has 3 amide bonds. The minimum absolute atomic E-state index is 0.0745. The van der Waals surface area contributed by atoms with E-state index in [1.165, 1.54) is 4.90 Å². The van der Waals surface area contributed by atoms with Gasteiger partial charge < -0.3 is 24.5 Å². The third-order valence-corrected chi connectivity index (χ3v) is 9.03. The highest BCUT2D eigenvalue weighted by Crippen LogP contribution is 2.59. The fourth-order valence-electron chi connectivity index (χ4n) is 7.18. The van der Waals surface area contributed by atoms with Gasteiger partial charge in [-0.3, -0.25) is 14.4 Å². The van der Waals surface area contributed by atoms with Crippen LogP contribution in [0, 0.1) is 11.8 Å². The Morgan fingerprint density at radius 1 is 1.12 bits per heavy atom. The number of anilines is 1. The van der Waals surface area contributed by atoms with Gasteiger partial charge in [0, 0.05) is 18.8 Å². The highest BCUT2D eigenvalue weighted by Gasteiger charge is 2.75. The van der Waals surface area contributed by atoms with E-state index in [4.69, 9.17) is 4.74 Å². The van der Waals surface area contributed by atoms with Gasteiger partial charge in [0.1, 0.15) is 23.8 Å². The fraction of sp³-hybridized carbons (Fsp3) is 0.406. The number of likely N-dealkylation sites (tertiary alicyclic amines) is 1. The summed E-state index contributed by atoms with van der Waals surface area (Å²) < 4.78 is 8.25. The SMILES string of the molecule is C=CCN(Cn1nnc2ccccc21)C(=O)C1N([C@H](C)CO)C(=O)[C@@H]2[C@H](C(=O)N(CC=C)c3ccccc3)[C@@H]3CCC12O3. The van der Waals surface area contributed by atoms with Gasteiger partial charge in [-0.15, -0.1) is 18.3 Å². The van der Waals surface area contributed by atoms with Crippen LogP contribution in [0.4, 0.5) is 5.69 Å². The molecule has 43 heavy (non-hydrogen) atoms. The molecule has 1 spiro atoms. The molecule has 3 saturated heterocycles. The molecule has 1 aromatic heterocycles. The summed E-state index contributed by atoms with van der Waals surface area (Å²) in [7, 11) is 0. The largest absolute Gasteiger partial charge is 0.394 e. The predicted octanol–water partition coefficient (Wildman–Crippen LogP) is 2.38. The molecule has 1 N–H and O–H groups in total. The lowest BCUT2D eigenvalue weighted by molar-refractivity contribution is -0.151. The van der Waals surface area contributed by atoms with Crippen LogP contribution < -0.4 is 4.90 Å². The van der Waals surface area contributed by atoms with E-state index in [2.05, 4.69) is 23.5 Å². The van der Waals surface area contributed by atoms with Crippen LogP contribution in [0.15, 0.2) is 79.9 Å². The average molecular weight is 585 g/mol. The Morgan fingerprint density at radius 3 is 2.56 bits per heavy atom. The lowest BCUT2D eigenvalue weighted by Gasteiger charge is -2.38. The molecular weight excluding hydrogens is 548 g/mol. The van der Waals surface area contributed by atoms with Crippen molar-refractivity contribution < 1.29 is 24.2 Å². The second-order valence-electron chi connectivity index (χ2n) is 11.5. The molecule has 6 rings (SSSR count). The number of para-hydroxylation sites is 2. The first-order valence-corrected chi connectivity index (χ1v) is 14.6. The lowest BCUT2D eigenvalue weighted by atomic mass is 9.70. The van der Waals surface area contributed by atoms with E-state index in [9.17, 15) is 19.5 Å². The number of fused-ring (bicyclic) bond motifs is 2. The van der Waals surface area contributed by atoms with Crippen LogP contribution in [-0.4, -0.2) is 91.1 Å². The van der Waals surface area contributed by atoms with Crippen molar-refractivity contribution in [2.45, 2.75) is 50.2 Å². The molecule has 0 radical (unpaired) electrons. The molecular formula is C32H36N6O5. The van der Waals surface area contributed by atoms with Crippen molar-refractivity contribution in [3.8, 4) is 0 Å². The maximum absolute atomic E-state index is 14.6. The normalized spacial score (nSPS) is 26.4. The van der Waals surface area contributed by atoms with Gasteiger partial charge in [0.2, 0.25) is 17.7 Å². The summed E-state index contributed by atoms with van der Waals surface area (Å²) >= 11 is 0. The number of nitrogens with zero attached hydrogens (tertiary/aromatic N) is 6. The summed E-state index contributed by atoms with van der Waals surface area (Å²) in [6.45, 7) is 9.57. The van der Waals surface area contributed by atoms with E-state index in [0.717, 1.165) is 5.52 Å². The molecule has 0 aliphatic carbocycles. The molecule has 0 saturated carbocycles. The van der Waals surface area contributed by atoms with Crippen LogP contribution in [-0.2, 0) is 25.8 Å². The lowest BCUT2D eigenvalue weighted by Crippen LogP contribution is -2.58. The number of hydrogen-bond donors (Lipinski definition) is 1. The Balaban J connectivity index is 1.38. The van der Waals surface area contributed by atoms with Gasteiger partial charge in [0.25, 0.3) is 0 Å². The molecule has 224 valence electrons. The van der Waals surface area contributed by atoms with Crippen LogP contribution in [0.2, 0.25) is 0 Å². The first kappa shape index (κ1) is 28.8. The number of rotatable bonds is 11. The Hall–Kier alpha value is -4.35. The zero-order valence-electron chi connectivity index (χ0n) is 24.2. The fourth-order valence-corrected chi connectivity index (χ4v) is 7.18. The number of benzene rings is 2. The summed E-state index contributed by atoms with van der Waals surface area (Å²) in [5.41, 5.74) is 0.944. The maximum Gasteiger partial charge on any atom is 0.250 e. The molecule has 3 aliphatic heterocycles. The monoisotopic (exact) mass is 584 g/mol. The second-order valence-corrected chi connectivity index (χ2v) is 11.5. The Bertz CT molecular complexity index is 1560. The van der Waals surface area contributed by atoms with Crippen LogP contribution in [0.5, 0.6) is 0 Å². The first-order chi connectivity index (χ1) is 20.9. The first-order valence-electron chi connectivity index (χ1n) is 14.6. The van der Waals surface area contributed by atoms with E-state index >= 15 is 0 Å². The molecule has 6 atom stereocenters. The summed E-state index contributed by atoms with van der Waals surface area (Å²) in [5.74, 6) is -2.58. The molecule has 4 heterocycles. The minimum Gasteiger partial charge on any atom is -0.394 e. The average Bonchev–Trinajstić information content (AvgIpc) is 3.78. The molecule has 2 aromatic carbocycles. The van der Waals surface area contributed by atoms with Crippen LogP contribution >= 0.6 is 0 Å². The highest BCUT2D eigenvalue weighted by molar-refractivity contribution is 6.03. The van der Waals surface area contributed by atoms with E-state index < -0.39 is 35.6 Å². The minimum atomic E-state index is -1.21. The third kappa shape index (κ3) is 4.54. The summed E-state index contributed by atoms with van der Waals surface area (Å²) in [6.07, 6.45) is 3.75. The Labute approximate surface area is 250 Å². The van der Waals surface area contributed by atoms with Gasteiger partial charge in [-0.2, -0.15) is 0 Å². The van der Waals surface area contributed by atoms with Gasteiger partial charge in [0.15, 0.2) is 0 Å². The van der Waals surface area contributed by atoms with E-state index in [1.807, 2.05) is 54.6 Å². The number of carbonyl (C=O) groups is 3. The maximum atomic E-state index is 14.6. The van der Waals surface area contributed by atoms with Crippen molar-refractivity contribution in [3.05, 3.63) is 79.9 Å². The van der Waals surface area contributed by atoms with Crippen molar-refractivity contribution in [1.82, 2.24) is 24.8 Å². The summed E-state index contributed by atoms with van der Waals surface area (Å²) in [6, 6.07) is 15.0. The van der Waals surface area contributed by atoms with Crippen molar-refractivity contribution in [3.63, 3.8) is 0 Å². The second kappa shape index (κ2) is 11.4. The standard InChI is InChI=1S/C32H36N6O5/c1-4-17-35(20-37-24-14-10-9-13-23(24)33-34-37)31(42)28-32-16-15-25(43-32)26(27(32)30(41)38(28)21(3)19-39)29(40)36(18-5-2)22-11-7-6-8-12-22/h4-14,21,25-28,39H,1-2,15-20H2,3H3/t21-,25+,26-,27+,28?,32?/m1/s1. The third-order valence-electron chi connectivity index (χ3n) is 9.03. The van der Waals surface area contributed by atoms with Crippen molar-refractivity contribution in [1.29, 1.82) is 0 Å². The van der Waals surface area contributed by atoms with Gasteiger partial charge >= 0.3 is 0 Å². The predicted molar refractivity (Wildman–Crippen MR) is 159 cm³/mol. The number of hydrogen-bond acceptors (Lipinski definition) is 7. The topological polar surface area (TPSA) is 121 Å². The molecule has 11 nitrogen and oxygen atoms in total.